The first-order valence-electron chi connectivity index (χ1n) is 6.48. The van der Waals surface area contributed by atoms with Crippen molar-refractivity contribution in [2.45, 2.75) is 57.2 Å². The van der Waals surface area contributed by atoms with Crippen molar-refractivity contribution in [1.82, 2.24) is 10.2 Å². The van der Waals surface area contributed by atoms with E-state index in [-0.39, 0.29) is 11.9 Å². The first-order chi connectivity index (χ1) is 7.72. The minimum atomic E-state index is 0.0136. The van der Waals surface area contributed by atoms with E-state index in [0.717, 1.165) is 25.8 Å². The Bertz CT molecular complexity index is 249. The highest BCUT2D eigenvalue weighted by atomic mass is 16.2. The Morgan fingerprint density at radius 1 is 1.44 bits per heavy atom. The van der Waals surface area contributed by atoms with Gasteiger partial charge in [-0.15, -0.1) is 0 Å². The van der Waals surface area contributed by atoms with Crippen LogP contribution in [0.3, 0.4) is 0 Å². The molecule has 2 rings (SSSR count). The first kappa shape index (κ1) is 11.9. The molecule has 3 N–H and O–H groups in total. The highest BCUT2D eigenvalue weighted by Crippen LogP contribution is 2.29. The Balaban J connectivity index is 1.81. The van der Waals surface area contributed by atoms with Gasteiger partial charge in [-0.1, -0.05) is 0 Å². The molecule has 0 aromatic rings. The summed E-state index contributed by atoms with van der Waals surface area (Å²) in [4.78, 5) is 14.3. The number of carbonyl (C=O) groups is 1. The van der Waals surface area contributed by atoms with Crippen LogP contribution in [0.5, 0.6) is 0 Å². The predicted octanol–water partition coefficient (Wildman–Crippen LogP) is 0.467. The Morgan fingerprint density at radius 2 is 2.12 bits per heavy atom. The van der Waals surface area contributed by atoms with E-state index >= 15 is 0 Å². The molecule has 0 aromatic heterocycles. The Hall–Kier alpha value is -0.610. The molecule has 0 saturated heterocycles. The van der Waals surface area contributed by atoms with Crippen LogP contribution in [-0.2, 0) is 4.79 Å². The van der Waals surface area contributed by atoms with Gasteiger partial charge in [-0.2, -0.15) is 0 Å². The molecule has 1 atom stereocenters. The van der Waals surface area contributed by atoms with Crippen LogP contribution < -0.4 is 11.1 Å². The third-order valence-electron chi connectivity index (χ3n) is 3.44. The van der Waals surface area contributed by atoms with E-state index in [0.29, 0.717) is 18.6 Å². The van der Waals surface area contributed by atoms with Gasteiger partial charge >= 0.3 is 0 Å². The van der Waals surface area contributed by atoms with Gasteiger partial charge in [-0.25, -0.2) is 0 Å². The zero-order valence-electron chi connectivity index (χ0n) is 10.1. The molecular formula is C12H23N3O. The molecule has 2 aliphatic rings. The van der Waals surface area contributed by atoms with Gasteiger partial charge in [0.1, 0.15) is 0 Å². The van der Waals surface area contributed by atoms with Crippen LogP contribution in [0.25, 0.3) is 0 Å². The molecule has 16 heavy (non-hydrogen) atoms. The average molecular weight is 225 g/mol. The van der Waals surface area contributed by atoms with Crippen molar-refractivity contribution < 1.29 is 4.79 Å². The molecule has 2 fully saturated rings. The van der Waals surface area contributed by atoms with Crippen molar-refractivity contribution in [3.8, 4) is 0 Å². The zero-order chi connectivity index (χ0) is 11.5. The molecule has 0 aliphatic heterocycles. The van der Waals surface area contributed by atoms with Gasteiger partial charge in [-0.3, -0.25) is 9.69 Å². The van der Waals surface area contributed by atoms with E-state index in [1.165, 1.54) is 12.8 Å². The highest BCUT2D eigenvalue weighted by Gasteiger charge is 2.35. The molecule has 0 bridgehead atoms. The number of hydrogen-bond donors (Lipinski definition) is 2. The van der Waals surface area contributed by atoms with Crippen LogP contribution in [0, 0.1) is 0 Å². The van der Waals surface area contributed by atoms with Gasteiger partial charge in [-0.05, 0) is 45.6 Å². The summed E-state index contributed by atoms with van der Waals surface area (Å²) >= 11 is 0. The molecule has 2 saturated carbocycles. The van der Waals surface area contributed by atoms with Gasteiger partial charge in [0, 0.05) is 18.6 Å². The second-order valence-electron chi connectivity index (χ2n) is 5.07. The van der Waals surface area contributed by atoms with Crippen molar-refractivity contribution in [1.29, 1.82) is 0 Å². The smallest absolute Gasteiger partial charge is 0.237 e. The summed E-state index contributed by atoms with van der Waals surface area (Å²) in [5, 5.41) is 3.08. The normalized spacial score (nSPS) is 22.2. The molecule has 4 heteroatoms. The number of nitrogens with zero attached hydrogens (tertiary/aromatic N) is 1. The maximum absolute atomic E-state index is 11.9. The fourth-order valence-electron chi connectivity index (χ4n) is 2.07. The molecule has 0 spiro atoms. The number of nitrogens with two attached hydrogens (primary N) is 1. The topological polar surface area (TPSA) is 58.4 Å². The monoisotopic (exact) mass is 225 g/mol. The number of rotatable bonds is 7. The van der Waals surface area contributed by atoms with Crippen molar-refractivity contribution in [2.75, 3.05) is 13.1 Å². The fourth-order valence-corrected chi connectivity index (χ4v) is 2.07. The summed E-state index contributed by atoms with van der Waals surface area (Å²) in [5.74, 6) is 0.200. The van der Waals surface area contributed by atoms with Crippen LogP contribution in [0.4, 0.5) is 0 Å². The predicted molar refractivity (Wildman–Crippen MR) is 64.0 cm³/mol. The van der Waals surface area contributed by atoms with Crippen LogP contribution in [0.15, 0.2) is 0 Å². The lowest BCUT2D eigenvalue weighted by atomic mass is 10.2. The maximum Gasteiger partial charge on any atom is 0.237 e. The molecule has 1 unspecified atom stereocenters. The zero-order valence-corrected chi connectivity index (χ0v) is 10.1. The summed E-state index contributed by atoms with van der Waals surface area (Å²) in [7, 11) is 0. The number of hydrogen-bond acceptors (Lipinski definition) is 3. The van der Waals surface area contributed by atoms with Crippen LogP contribution in [0.1, 0.15) is 39.0 Å². The summed E-state index contributed by atoms with van der Waals surface area (Å²) < 4.78 is 0. The third kappa shape index (κ3) is 3.19. The fraction of sp³-hybridized carbons (Fsp3) is 0.917. The quantitative estimate of drug-likeness (QED) is 0.662. The minimum Gasteiger partial charge on any atom is -0.352 e. The molecular weight excluding hydrogens is 202 g/mol. The Morgan fingerprint density at radius 3 is 2.62 bits per heavy atom. The van der Waals surface area contributed by atoms with Crippen LogP contribution in [0.2, 0.25) is 0 Å². The summed E-state index contributed by atoms with van der Waals surface area (Å²) in [6.45, 7) is 3.69. The maximum atomic E-state index is 11.9. The lowest BCUT2D eigenvalue weighted by Crippen LogP contribution is -2.47. The highest BCUT2D eigenvalue weighted by molar-refractivity contribution is 5.82. The van der Waals surface area contributed by atoms with Gasteiger partial charge in [0.05, 0.1) is 6.04 Å². The first-order valence-corrected chi connectivity index (χ1v) is 6.48. The van der Waals surface area contributed by atoms with Crippen LogP contribution in [-0.4, -0.2) is 42.0 Å². The van der Waals surface area contributed by atoms with E-state index in [9.17, 15) is 4.79 Å². The number of amides is 1. The molecule has 4 nitrogen and oxygen atoms in total. The standard InChI is InChI=1S/C12H23N3O/c1-9(12(16)14-10-3-4-10)15(8-2-7-13)11-5-6-11/h9-11H,2-8,13H2,1H3,(H,14,16). The van der Waals surface area contributed by atoms with Gasteiger partial charge in [0.2, 0.25) is 5.91 Å². The van der Waals surface area contributed by atoms with E-state index < -0.39 is 0 Å². The molecule has 0 aromatic carbocycles. The molecule has 1 amide bonds. The van der Waals surface area contributed by atoms with Crippen molar-refractivity contribution in [3.05, 3.63) is 0 Å². The average Bonchev–Trinajstić information content (AvgIpc) is 3.11. The molecule has 0 heterocycles. The van der Waals surface area contributed by atoms with E-state index in [2.05, 4.69) is 10.2 Å². The van der Waals surface area contributed by atoms with Crippen molar-refractivity contribution in [3.63, 3.8) is 0 Å². The Kier molecular flexibility index (Phi) is 3.82. The molecule has 2 aliphatic carbocycles. The number of nitrogens with one attached hydrogen (secondary N) is 1. The van der Waals surface area contributed by atoms with Gasteiger partial charge in [0.15, 0.2) is 0 Å². The lowest BCUT2D eigenvalue weighted by molar-refractivity contribution is -0.126. The summed E-state index contributed by atoms with van der Waals surface area (Å²) in [6.07, 6.45) is 5.78. The van der Waals surface area contributed by atoms with Gasteiger partial charge in [0.25, 0.3) is 0 Å². The van der Waals surface area contributed by atoms with Gasteiger partial charge < -0.3 is 11.1 Å². The third-order valence-corrected chi connectivity index (χ3v) is 3.44. The largest absolute Gasteiger partial charge is 0.352 e. The van der Waals surface area contributed by atoms with Crippen molar-refractivity contribution in [2.24, 2.45) is 5.73 Å². The molecule has 92 valence electrons. The van der Waals surface area contributed by atoms with E-state index in [4.69, 9.17) is 5.73 Å². The molecule has 0 radical (unpaired) electrons. The summed E-state index contributed by atoms with van der Waals surface area (Å²) in [6, 6.07) is 1.11. The Labute approximate surface area is 97.6 Å². The van der Waals surface area contributed by atoms with E-state index in [1.54, 1.807) is 0 Å². The lowest BCUT2D eigenvalue weighted by Gasteiger charge is -2.28. The second kappa shape index (κ2) is 5.15. The van der Waals surface area contributed by atoms with E-state index in [1.807, 2.05) is 6.92 Å². The summed E-state index contributed by atoms with van der Waals surface area (Å²) in [5.41, 5.74) is 5.54. The number of carbonyl (C=O) groups excluding carboxylic acids is 1. The SMILES string of the molecule is CC(C(=O)NC1CC1)N(CCCN)C1CC1. The van der Waals surface area contributed by atoms with Crippen molar-refractivity contribution >= 4 is 5.91 Å². The van der Waals surface area contributed by atoms with Crippen LogP contribution >= 0.6 is 0 Å². The minimum absolute atomic E-state index is 0.0136. The second-order valence-corrected chi connectivity index (χ2v) is 5.07.